The van der Waals surface area contributed by atoms with Gasteiger partial charge in [-0.2, -0.15) is 0 Å². The molecule has 2 aromatic carbocycles. The van der Waals surface area contributed by atoms with Crippen molar-refractivity contribution in [1.29, 1.82) is 0 Å². The summed E-state index contributed by atoms with van der Waals surface area (Å²) in [5.74, 6) is -0.247. The minimum atomic E-state index is -3.73. The van der Waals surface area contributed by atoms with Crippen molar-refractivity contribution >= 4 is 33.2 Å². The molecule has 0 bridgehead atoms. The zero-order valence-corrected chi connectivity index (χ0v) is 16.3. The monoisotopic (exact) mass is 395 g/mol. The molecular formula is C18H22ClN3O3S. The van der Waals surface area contributed by atoms with Gasteiger partial charge in [0.05, 0.1) is 15.6 Å². The van der Waals surface area contributed by atoms with Crippen molar-refractivity contribution in [1.82, 2.24) is 10.2 Å². The predicted molar refractivity (Wildman–Crippen MR) is 104 cm³/mol. The van der Waals surface area contributed by atoms with E-state index >= 15 is 0 Å². The van der Waals surface area contributed by atoms with Crippen molar-refractivity contribution in [3.05, 3.63) is 59.1 Å². The maximum Gasteiger partial charge on any atom is 0.261 e. The summed E-state index contributed by atoms with van der Waals surface area (Å²) in [5.41, 5.74) is 0.599. The Hall–Kier alpha value is -2.09. The second-order valence-corrected chi connectivity index (χ2v) is 8.12. The Morgan fingerprint density at radius 1 is 1.12 bits per heavy atom. The first-order chi connectivity index (χ1) is 12.3. The number of benzene rings is 2. The Kier molecular flexibility index (Phi) is 7.02. The van der Waals surface area contributed by atoms with E-state index in [1.807, 2.05) is 19.0 Å². The van der Waals surface area contributed by atoms with Gasteiger partial charge >= 0.3 is 0 Å². The number of halogens is 1. The first-order valence-corrected chi connectivity index (χ1v) is 9.96. The van der Waals surface area contributed by atoms with Crippen LogP contribution >= 0.6 is 11.6 Å². The van der Waals surface area contributed by atoms with Gasteiger partial charge in [-0.15, -0.1) is 0 Å². The van der Waals surface area contributed by atoms with Crippen LogP contribution < -0.4 is 10.0 Å². The summed E-state index contributed by atoms with van der Waals surface area (Å²) in [6, 6.07) is 12.5. The second kappa shape index (κ2) is 9.02. The summed E-state index contributed by atoms with van der Waals surface area (Å²) in [6.45, 7) is 1.43. The van der Waals surface area contributed by atoms with Crippen molar-refractivity contribution in [3.8, 4) is 0 Å². The van der Waals surface area contributed by atoms with Crippen LogP contribution in [0.3, 0.4) is 0 Å². The van der Waals surface area contributed by atoms with Crippen LogP contribution in [-0.2, 0) is 10.0 Å². The van der Waals surface area contributed by atoms with Crippen LogP contribution in [0.15, 0.2) is 53.4 Å². The van der Waals surface area contributed by atoms with Gasteiger partial charge in [0.2, 0.25) is 0 Å². The van der Waals surface area contributed by atoms with E-state index in [0.717, 1.165) is 13.0 Å². The summed E-state index contributed by atoms with van der Waals surface area (Å²) in [7, 11) is 0.204. The first kappa shape index (κ1) is 20.2. The molecule has 2 N–H and O–H groups in total. The van der Waals surface area contributed by atoms with Gasteiger partial charge in [-0.3, -0.25) is 9.52 Å². The molecule has 0 heterocycles. The molecule has 0 saturated carbocycles. The molecule has 0 unspecified atom stereocenters. The van der Waals surface area contributed by atoms with E-state index in [0.29, 0.717) is 12.1 Å². The molecule has 140 valence electrons. The molecule has 0 spiro atoms. The summed E-state index contributed by atoms with van der Waals surface area (Å²) in [6.07, 6.45) is 0.835. The Morgan fingerprint density at radius 2 is 1.81 bits per heavy atom. The Balaban J connectivity index is 2.04. The van der Waals surface area contributed by atoms with Crippen molar-refractivity contribution in [2.75, 3.05) is 31.9 Å². The van der Waals surface area contributed by atoms with Gasteiger partial charge in [-0.1, -0.05) is 29.8 Å². The van der Waals surface area contributed by atoms with Gasteiger partial charge in [0.15, 0.2) is 0 Å². The summed E-state index contributed by atoms with van der Waals surface area (Å²) < 4.78 is 27.1. The topological polar surface area (TPSA) is 78.5 Å². The highest BCUT2D eigenvalue weighted by Gasteiger charge is 2.16. The highest BCUT2D eigenvalue weighted by atomic mass is 35.5. The lowest BCUT2D eigenvalue weighted by atomic mass is 10.2. The van der Waals surface area contributed by atoms with Crippen LogP contribution in [0.25, 0.3) is 0 Å². The number of anilines is 1. The van der Waals surface area contributed by atoms with Crippen LogP contribution in [0.2, 0.25) is 5.02 Å². The fourth-order valence-corrected chi connectivity index (χ4v) is 3.63. The Bertz CT molecular complexity index is 855. The van der Waals surface area contributed by atoms with Gasteiger partial charge in [-0.25, -0.2) is 8.42 Å². The third kappa shape index (κ3) is 5.72. The Labute approximate surface area is 159 Å². The quantitative estimate of drug-likeness (QED) is 0.673. The van der Waals surface area contributed by atoms with E-state index in [1.54, 1.807) is 18.2 Å². The summed E-state index contributed by atoms with van der Waals surface area (Å²) in [4.78, 5) is 14.3. The number of rotatable bonds is 8. The van der Waals surface area contributed by atoms with Crippen molar-refractivity contribution in [2.24, 2.45) is 0 Å². The average molecular weight is 396 g/mol. The average Bonchev–Trinajstić information content (AvgIpc) is 2.60. The van der Waals surface area contributed by atoms with Gasteiger partial charge in [0.25, 0.3) is 15.9 Å². The van der Waals surface area contributed by atoms with E-state index in [-0.39, 0.29) is 21.5 Å². The second-order valence-electron chi connectivity index (χ2n) is 6.03. The highest BCUT2D eigenvalue weighted by Crippen LogP contribution is 2.25. The molecule has 2 aromatic rings. The number of nitrogens with zero attached hydrogens (tertiary/aromatic N) is 1. The van der Waals surface area contributed by atoms with E-state index in [1.165, 1.54) is 30.3 Å². The van der Waals surface area contributed by atoms with E-state index in [2.05, 4.69) is 10.0 Å². The number of sulfonamides is 1. The molecular weight excluding hydrogens is 374 g/mol. The van der Waals surface area contributed by atoms with Crippen LogP contribution in [0.5, 0.6) is 0 Å². The molecule has 8 heteroatoms. The number of amides is 1. The summed E-state index contributed by atoms with van der Waals surface area (Å²) in [5, 5.41) is 2.97. The number of carbonyl (C=O) groups excluding carboxylic acids is 1. The van der Waals surface area contributed by atoms with Crippen LogP contribution in [0.4, 0.5) is 5.69 Å². The SMILES string of the molecule is CN(C)CCCNC(=O)c1ccc(NS(=O)(=O)c2ccccc2)c(Cl)c1. The normalized spacial score (nSPS) is 11.4. The fourth-order valence-electron chi connectivity index (χ4n) is 2.24. The largest absolute Gasteiger partial charge is 0.352 e. The van der Waals surface area contributed by atoms with E-state index < -0.39 is 10.0 Å². The van der Waals surface area contributed by atoms with Crippen LogP contribution in [0, 0.1) is 0 Å². The predicted octanol–water partition coefficient (Wildman–Crippen LogP) is 2.82. The van der Waals surface area contributed by atoms with Gasteiger partial charge < -0.3 is 10.2 Å². The van der Waals surface area contributed by atoms with Gasteiger partial charge in [-0.05, 0) is 57.4 Å². The lowest BCUT2D eigenvalue weighted by Gasteiger charge is -2.12. The highest BCUT2D eigenvalue weighted by molar-refractivity contribution is 7.92. The lowest BCUT2D eigenvalue weighted by molar-refractivity contribution is 0.0952. The number of hydrogen-bond donors (Lipinski definition) is 2. The number of nitrogens with one attached hydrogen (secondary N) is 2. The standard InChI is InChI=1S/C18H22ClN3O3S/c1-22(2)12-6-11-20-18(23)14-9-10-17(16(19)13-14)21-26(24,25)15-7-4-3-5-8-15/h3-5,7-10,13,21H,6,11-12H2,1-2H3,(H,20,23). The molecule has 0 aromatic heterocycles. The maximum atomic E-state index is 12.3. The van der Waals surface area contributed by atoms with Crippen molar-refractivity contribution in [2.45, 2.75) is 11.3 Å². The minimum Gasteiger partial charge on any atom is -0.352 e. The third-order valence-corrected chi connectivity index (χ3v) is 5.29. The molecule has 0 aliphatic carbocycles. The lowest BCUT2D eigenvalue weighted by Crippen LogP contribution is -2.27. The molecule has 2 rings (SSSR count). The summed E-state index contributed by atoms with van der Waals surface area (Å²) >= 11 is 6.16. The van der Waals surface area contributed by atoms with Crippen molar-refractivity contribution < 1.29 is 13.2 Å². The molecule has 0 saturated heterocycles. The molecule has 1 amide bonds. The van der Waals surface area contributed by atoms with Gasteiger partial charge in [0, 0.05) is 12.1 Å². The zero-order chi connectivity index (χ0) is 19.2. The molecule has 0 aliphatic rings. The molecule has 0 aliphatic heterocycles. The molecule has 0 atom stereocenters. The van der Waals surface area contributed by atoms with Crippen LogP contribution in [0.1, 0.15) is 16.8 Å². The maximum absolute atomic E-state index is 12.3. The smallest absolute Gasteiger partial charge is 0.261 e. The van der Waals surface area contributed by atoms with Gasteiger partial charge in [0.1, 0.15) is 0 Å². The van der Waals surface area contributed by atoms with Crippen LogP contribution in [-0.4, -0.2) is 46.4 Å². The molecule has 6 nitrogen and oxygen atoms in total. The molecule has 26 heavy (non-hydrogen) atoms. The third-order valence-electron chi connectivity index (χ3n) is 3.60. The Morgan fingerprint density at radius 3 is 2.42 bits per heavy atom. The first-order valence-electron chi connectivity index (χ1n) is 8.10. The molecule has 0 fully saturated rings. The zero-order valence-electron chi connectivity index (χ0n) is 14.7. The number of carbonyl (C=O) groups is 1. The molecule has 0 radical (unpaired) electrons. The fraction of sp³-hybridized carbons (Fsp3) is 0.278. The van der Waals surface area contributed by atoms with E-state index in [9.17, 15) is 13.2 Å². The van der Waals surface area contributed by atoms with E-state index in [4.69, 9.17) is 11.6 Å². The minimum absolute atomic E-state index is 0.138. The van der Waals surface area contributed by atoms with Crippen molar-refractivity contribution in [3.63, 3.8) is 0 Å². The number of hydrogen-bond acceptors (Lipinski definition) is 4.